The number of amides is 1. The van der Waals surface area contributed by atoms with Gasteiger partial charge in [0.25, 0.3) is 5.91 Å². The molecular formula is C22H27N3O7S. The average molecular weight is 478 g/mol. The van der Waals surface area contributed by atoms with Crippen molar-refractivity contribution < 1.29 is 32.6 Å². The predicted octanol–water partition coefficient (Wildman–Crippen LogP) is 2.12. The number of rotatable bonds is 9. The van der Waals surface area contributed by atoms with Crippen LogP contribution in [0.3, 0.4) is 0 Å². The van der Waals surface area contributed by atoms with E-state index in [0.29, 0.717) is 38.0 Å². The number of sulfone groups is 1. The number of carbonyl (C=O) groups excluding carboxylic acids is 1. The zero-order valence-corrected chi connectivity index (χ0v) is 19.2. The number of aromatic nitrogens is 2. The van der Waals surface area contributed by atoms with E-state index < -0.39 is 33.4 Å². The summed E-state index contributed by atoms with van der Waals surface area (Å²) in [4.78, 5) is 24.8. The first-order valence-corrected chi connectivity index (χ1v) is 12.3. The Morgan fingerprint density at radius 3 is 2.48 bits per heavy atom. The Bertz CT molecular complexity index is 1130. The highest BCUT2D eigenvalue weighted by Crippen LogP contribution is 2.34. The lowest BCUT2D eigenvalue weighted by Gasteiger charge is -2.21. The fourth-order valence-electron chi connectivity index (χ4n) is 3.50. The standard InChI is InChI=1S/C22H27N3O7S/c1-22(2,21(27)28)25-11-9-18(24-25)23-20(26)19(32-15-10-12-31-13-15)14-3-5-16(6-4-14)33(29,30)17-7-8-17/h3-6,9,11,15,17,19H,7-8,10,12-13H2,1-2H3,(H,27,28)(H,23,24,26). The summed E-state index contributed by atoms with van der Waals surface area (Å²) >= 11 is 0. The van der Waals surface area contributed by atoms with Gasteiger partial charge in [-0.05, 0) is 50.8 Å². The summed E-state index contributed by atoms with van der Waals surface area (Å²) in [6, 6.07) is 7.68. The van der Waals surface area contributed by atoms with E-state index in [1.807, 2.05) is 0 Å². The summed E-state index contributed by atoms with van der Waals surface area (Å²) in [6.45, 7) is 3.89. The Morgan fingerprint density at radius 1 is 1.21 bits per heavy atom. The second kappa shape index (κ2) is 8.88. The fourth-order valence-corrected chi connectivity index (χ4v) is 5.16. The molecule has 2 aliphatic rings. The monoisotopic (exact) mass is 477 g/mol. The summed E-state index contributed by atoms with van der Waals surface area (Å²) in [7, 11) is -3.34. The molecular weight excluding hydrogens is 450 g/mol. The number of aliphatic carboxylic acids is 1. The number of nitrogens with one attached hydrogen (secondary N) is 1. The Morgan fingerprint density at radius 2 is 1.91 bits per heavy atom. The molecule has 2 N–H and O–H groups in total. The summed E-state index contributed by atoms with van der Waals surface area (Å²) in [5.41, 5.74) is -0.789. The van der Waals surface area contributed by atoms with Crippen LogP contribution < -0.4 is 5.32 Å². The van der Waals surface area contributed by atoms with Gasteiger partial charge in [0.2, 0.25) is 0 Å². The molecule has 1 amide bonds. The number of hydrogen-bond acceptors (Lipinski definition) is 7. The van der Waals surface area contributed by atoms with Gasteiger partial charge in [0.05, 0.1) is 22.9 Å². The van der Waals surface area contributed by atoms with Crippen LogP contribution in [0.5, 0.6) is 0 Å². The molecule has 1 aromatic heterocycles. The van der Waals surface area contributed by atoms with E-state index >= 15 is 0 Å². The summed E-state index contributed by atoms with van der Waals surface area (Å²) in [5.74, 6) is -1.39. The van der Waals surface area contributed by atoms with Crippen LogP contribution in [0.15, 0.2) is 41.4 Å². The number of carboxylic acid groups (broad SMARTS) is 1. The molecule has 1 saturated heterocycles. The summed E-state index contributed by atoms with van der Waals surface area (Å²) in [5, 5.41) is 15.9. The molecule has 2 aromatic rings. The number of carbonyl (C=O) groups is 2. The third-order valence-electron chi connectivity index (χ3n) is 5.87. The van der Waals surface area contributed by atoms with Crippen LogP contribution in [0.1, 0.15) is 44.8 Å². The molecule has 2 heterocycles. The van der Waals surface area contributed by atoms with Gasteiger partial charge in [0.1, 0.15) is 0 Å². The molecule has 33 heavy (non-hydrogen) atoms. The Kier molecular flexibility index (Phi) is 6.30. The van der Waals surface area contributed by atoms with E-state index in [-0.39, 0.29) is 22.1 Å². The van der Waals surface area contributed by atoms with Gasteiger partial charge in [-0.25, -0.2) is 13.2 Å². The number of nitrogens with zero attached hydrogens (tertiary/aromatic N) is 2. The van der Waals surface area contributed by atoms with Crippen LogP contribution in [0.25, 0.3) is 0 Å². The van der Waals surface area contributed by atoms with E-state index in [1.54, 1.807) is 12.1 Å². The minimum atomic E-state index is -3.34. The van der Waals surface area contributed by atoms with Crippen molar-refractivity contribution in [3.63, 3.8) is 0 Å². The quantitative estimate of drug-likeness (QED) is 0.560. The van der Waals surface area contributed by atoms with E-state index in [9.17, 15) is 23.1 Å². The van der Waals surface area contributed by atoms with Crippen LogP contribution in [0.4, 0.5) is 5.82 Å². The maximum absolute atomic E-state index is 13.1. The lowest BCUT2D eigenvalue weighted by molar-refractivity contribution is -0.146. The molecule has 1 aliphatic heterocycles. The van der Waals surface area contributed by atoms with Crippen LogP contribution >= 0.6 is 0 Å². The van der Waals surface area contributed by atoms with Gasteiger partial charge in [0.15, 0.2) is 27.3 Å². The fraction of sp³-hybridized carbons (Fsp3) is 0.500. The molecule has 178 valence electrons. The molecule has 0 bridgehead atoms. The molecule has 4 rings (SSSR count). The van der Waals surface area contributed by atoms with Crippen molar-refractivity contribution in [3.8, 4) is 0 Å². The maximum Gasteiger partial charge on any atom is 0.331 e. The third-order valence-corrected chi connectivity index (χ3v) is 8.14. The van der Waals surface area contributed by atoms with Gasteiger partial charge in [-0.3, -0.25) is 9.48 Å². The number of anilines is 1. The molecule has 2 atom stereocenters. The molecule has 10 nitrogen and oxygen atoms in total. The molecule has 1 saturated carbocycles. The highest BCUT2D eigenvalue weighted by Gasteiger charge is 2.37. The smallest absolute Gasteiger partial charge is 0.331 e. The topological polar surface area (TPSA) is 137 Å². The van der Waals surface area contributed by atoms with Crippen molar-refractivity contribution >= 4 is 27.5 Å². The molecule has 2 fully saturated rings. The van der Waals surface area contributed by atoms with Gasteiger partial charge in [-0.1, -0.05) is 12.1 Å². The predicted molar refractivity (Wildman–Crippen MR) is 118 cm³/mol. The van der Waals surface area contributed by atoms with Crippen LogP contribution in [0.2, 0.25) is 0 Å². The molecule has 0 radical (unpaired) electrons. The lowest BCUT2D eigenvalue weighted by Crippen LogP contribution is -2.36. The van der Waals surface area contributed by atoms with Gasteiger partial charge in [0, 0.05) is 18.9 Å². The third kappa shape index (κ3) is 4.94. The second-order valence-corrected chi connectivity index (χ2v) is 11.0. The van der Waals surface area contributed by atoms with Gasteiger partial charge >= 0.3 is 5.97 Å². The molecule has 11 heteroatoms. The highest BCUT2D eigenvalue weighted by atomic mass is 32.2. The molecule has 0 spiro atoms. The van der Waals surface area contributed by atoms with E-state index in [4.69, 9.17) is 9.47 Å². The first-order valence-electron chi connectivity index (χ1n) is 10.8. The van der Waals surface area contributed by atoms with Gasteiger partial charge < -0.3 is 19.9 Å². The van der Waals surface area contributed by atoms with Crippen molar-refractivity contribution in [3.05, 3.63) is 42.1 Å². The summed E-state index contributed by atoms with van der Waals surface area (Å²) < 4.78 is 37.6. The number of benzene rings is 1. The zero-order chi connectivity index (χ0) is 23.8. The molecule has 2 unspecified atom stereocenters. The van der Waals surface area contributed by atoms with Crippen LogP contribution in [0, 0.1) is 0 Å². The van der Waals surface area contributed by atoms with Crippen LogP contribution in [-0.2, 0) is 34.4 Å². The normalized spacial score (nSPS) is 19.9. The van der Waals surface area contributed by atoms with Crippen molar-refractivity contribution in [1.29, 1.82) is 0 Å². The average Bonchev–Trinajstić information content (AvgIpc) is 3.32. The van der Waals surface area contributed by atoms with Crippen molar-refractivity contribution in [2.75, 3.05) is 18.5 Å². The molecule has 1 aromatic carbocycles. The Hall–Kier alpha value is -2.76. The van der Waals surface area contributed by atoms with E-state index in [2.05, 4.69) is 10.4 Å². The zero-order valence-electron chi connectivity index (χ0n) is 18.4. The number of hydrogen-bond donors (Lipinski definition) is 2. The number of ether oxygens (including phenoxy) is 2. The Labute approximate surface area is 191 Å². The Balaban J connectivity index is 1.55. The van der Waals surface area contributed by atoms with Crippen molar-refractivity contribution in [2.24, 2.45) is 0 Å². The molecule has 1 aliphatic carbocycles. The first kappa shape index (κ1) is 23.4. The van der Waals surface area contributed by atoms with E-state index in [0.717, 1.165) is 0 Å². The minimum absolute atomic E-state index is 0.179. The van der Waals surface area contributed by atoms with Gasteiger partial charge in [-0.2, -0.15) is 5.10 Å². The van der Waals surface area contributed by atoms with Crippen LogP contribution in [-0.4, -0.2) is 59.7 Å². The largest absolute Gasteiger partial charge is 0.479 e. The number of carboxylic acids is 1. The first-order chi connectivity index (χ1) is 15.6. The van der Waals surface area contributed by atoms with Gasteiger partial charge in [-0.15, -0.1) is 0 Å². The highest BCUT2D eigenvalue weighted by molar-refractivity contribution is 7.92. The maximum atomic E-state index is 13.1. The van der Waals surface area contributed by atoms with E-state index in [1.165, 1.54) is 42.9 Å². The SMILES string of the molecule is CC(C)(C(=O)O)n1ccc(NC(=O)C(OC2CCOC2)c2ccc(S(=O)(=O)C3CC3)cc2)n1. The van der Waals surface area contributed by atoms with Crippen molar-refractivity contribution in [2.45, 2.75) is 61.0 Å². The van der Waals surface area contributed by atoms with Crippen molar-refractivity contribution in [1.82, 2.24) is 9.78 Å². The summed E-state index contributed by atoms with van der Waals surface area (Å²) in [6.07, 6.45) is 2.16. The lowest BCUT2D eigenvalue weighted by atomic mass is 10.1. The second-order valence-electron chi connectivity index (χ2n) is 8.81. The minimum Gasteiger partial charge on any atom is -0.479 e.